The largest absolute Gasteiger partial charge is 0.475 e. The average molecular weight is 640 g/mol. The molecule has 3 fully saturated rings. The molecule has 8 nitrogen and oxygen atoms in total. The van der Waals surface area contributed by atoms with Crippen LogP contribution >= 0.6 is 15.9 Å². The van der Waals surface area contributed by atoms with Gasteiger partial charge in [0.25, 0.3) is 0 Å². The number of carbonyl (C=O) groups excluding carboxylic acids is 2. The molecular weight excluding hydrogens is 600 g/mol. The fraction of sp³-hybridized carbons (Fsp3) is 0.576. The Bertz CT molecular complexity index is 1420. The van der Waals surface area contributed by atoms with Crippen molar-refractivity contribution in [3.63, 3.8) is 0 Å². The first-order valence-electron chi connectivity index (χ1n) is 14.9. The highest BCUT2D eigenvalue weighted by atomic mass is 79.9. The third-order valence-electron chi connectivity index (χ3n) is 10.7. The van der Waals surface area contributed by atoms with Crippen LogP contribution in [0, 0.1) is 28.6 Å². The molecule has 1 N–H and O–H groups in total. The first kappa shape index (κ1) is 29.3. The Hall–Kier alpha value is -2.78. The van der Waals surface area contributed by atoms with Gasteiger partial charge in [-0.3, -0.25) is 9.59 Å². The molecule has 0 spiro atoms. The van der Waals surface area contributed by atoms with Gasteiger partial charge in [0.15, 0.2) is 18.0 Å². The smallest absolute Gasteiger partial charge is 0.303 e. The summed E-state index contributed by atoms with van der Waals surface area (Å²) in [4.78, 5) is 35.8. The van der Waals surface area contributed by atoms with Gasteiger partial charge in [0.1, 0.15) is 18.4 Å². The Morgan fingerprint density at radius 2 is 2.10 bits per heavy atom. The predicted octanol–water partition coefficient (Wildman–Crippen LogP) is 5.37. The molecule has 4 aliphatic carbocycles. The SMILES string of the molecule is CC(=O)OCC(=O)[C@@]12N=C(C)O[C@@H]1C[C@H]1[C@@H]3CCC4=C/C(=N\OCCc5cccc(Br)c5)C=C[C@]4(C)[C@H]3[C@@H](O)C[C@@]12C. The van der Waals surface area contributed by atoms with Gasteiger partial charge in [-0.25, -0.2) is 4.99 Å². The van der Waals surface area contributed by atoms with E-state index in [0.717, 1.165) is 29.4 Å². The van der Waals surface area contributed by atoms with Gasteiger partial charge in [-0.05, 0) is 67.4 Å². The molecule has 0 aromatic heterocycles. The molecule has 0 bridgehead atoms. The van der Waals surface area contributed by atoms with Crippen LogP contribution < -0.4 is 0 Å². The van der Waals surface area contributed by atoms with E-state index in [-0.39, 0.29) is 35.6 Å². The molecule has 1 heterocycles. The third kappa shape index (κ3) is 4.58. The van der Waals surface area contributed by atoms with Crippen LogP contribution in [0.2, 0.25) is 0 Å². The minimum atomic E-state index is -1.16. The van der Waals surface area contributed by atoms with Gasteiger partial charge in [-0.15, -0.1) is 0 Å². The molecule has 1 aliphatic heterocycles. The predicted molar refractivity (Wildman–Crippen MR) is 162 cm³/mol. The average Bonchev–Trinajstić information content (AvgIpc) is 3.39. The molecule has 42 heavy (non-hydrogen) atoms. The zero-order valence-corrected chi connectivity index (χ0v) is 26.2. The van der Waals surface area contributed by atoms with Crippen molar-refractivity contribution in [3.05, 3.63) is 58.1 Å². The van der Waals surface area contributed by atoms with E-state index >= 15 is 0 Å². The number of allylic oxidation sites excluding steroid dienone is 4. The number of rotatable bonds is 7. The van der Waals surface area contributed by atoms with Crippen LogP contribution in [-0.4, -0.2) is 59.4 Å². The summed E-state index contributed by atoms with van der Waals surface area (Å²) in [5.74, 6) is 0.0622. The lowest BCUT2D eigenvalue weighted by molar-refractivity contribution is -0.154. The van der Waals surface area contributed by atoms with E-state index in [1.165, 1.54) is 18.1 Å². The molecule has 0 unspecified atom stereocenters. The Balaban J connectivity index is 1.21. The first-order valence-corrected chi connectivity index (χ1v) is 15.7. The molecule has 9 heteroatoms. The zero-order valence-electron chi connectivity index (χ0n) is 24.6. The Morgan fingerprint density at radius 1 is 1.29 bits per heavy atom. The van der Waals surface area contributed by atoms with Gasteiger partial charge in [-0.1, -0.05) is 58.7 Å². The number of halogens is 1. The Kier molecular flexibility index (Phi) is 7.49. The number of oxime groups is 1. The summed E-state index contributed by atoms with van der Waals surface area (Å²) < 4.78 is 12.4. The highest BCUT2D eigenvalue weighted by Crippen LogP contribution is 2.69. The van der Waals surface area contributed by atoms with Gasteiger partial charge >= 0.3 is 5.97 Å². The summed E-state index contributed by atoms with van der Waals surface area (Å²) in [6.45, 7) is 7.54. The highest BCUT2D eigenvalue weighted by molar-refractivity contribution is 9.10. The van der Waals surface area contributed by atoms with Crippen molar-refractivity contribution in [2.24, 2.45) is 38.7 Å². The third-order valence-corrected chi connectivity index (χ3v) is 11.2. The molecule has 1 aromatic carbocycles. The van der Waals surface area contributed by atoms with Crippen molar-refractivity contribution in [1.29, 1.82) is 0 Å². The lowest BCUT2D eigenvalue weighted by atomic mass is 9.46. The van der Waals surface area contributed by atoms with Gasteiger partial charge in [0, 0.05) is 41.5 Å². The number of fused-ring (bicyclic) bond motifs is 7. The molecule has 6 rings (SSSR count). The number of esters is 1. The van der Waals surface area contributed by atoms with E-state index in [1.807, 2.05) is 18.2 Å². The van der Waals surface area contributed by atoms with E-state index in [9.17, 15) is 14.7 Å². The summed E-state index contributed by atoms with van der Waals surface area (Å²) in [5, 5.41) is 16.3. The number of hydrogen-bond acceptors (Lipinski definition) is 8. The number of Topliss-reactive ketones (excluding diaryl/α,β-unsaturated/α-hetero) is 1. The molecule has 3 saturated carbocycles. The van der Waals surface area contributed by atoms with E-state index < -0.39 is 29.1 Å². The zero-order chi connectivity index (χ0) is 29.9. The first-order chi connectivity index (χ1) is 20.0. The number of aliphatic hydroxyl groups is 1. The van der Waals surface area contributed by atoms with Crippen LogP contribution in [0.4, 0.5) is 0 Å². The summed E-state index contributed by atoms with van der Waals surface area (Å²) in [5.41, 5.74) is 1.13. The lowest BCUT2D eigenvalue weighted by Crippen LogP contribution is -2.62. The second kappa shape index (κ2) is 10.7. The fourth-order valence-electron chi connectivity index (χ4n) is 9.01. The topological polar surface area (TPSA) is 107 Å². The number of aliphatic imine (C=N–C) groups is 1. The van der Waals surface area contributed by atoms with E-state index in [0.29, 0.717) is 25.3 Å². The molecule has 0 saturated heterocycles. The summed E-state index contributed by atoms with van der Waals surface area (Å²) in [6, 6.07) is 8.17. The number of ketones is 1. The minimum absolute atomic E-state index is 0.00431. The van der Waals surface area contributed by atoms with Gasteiger partial charge in [0.05, 0.1) is 6.10 Å². The van der Waals surface area contributed by atoms with Crippen molar-refractivity contribution in [2.45, 2.75) is 77.5 Å². The minimum Gasteiger partial charge on any atom is -0.475 e. The van der Waals surface area contributed by atoms with Crippen LogP contribution in [-0.2, 0) is 30.3 Å². The van der Waals surface area contributed by atoms with E-state index in [2.05, 4.69) is 59.2 Å². The molecule has 5 aliphatic rings. The van der Waals surface area contributed by atoms with E-state index in [4.69, 9.17) is 19.3 Å². The van der Waals surface area contributed by atoms with Crippen molar-refractivity contribution in [1.82, 2.24) is 0 Å². The maximum atomic E-state index is 13.8. The van der Waals surface area contributed by atoms with Crippen LogP contribution in [0.5, 0.6) is 0 Å². The number of hydrogen-bond donors (Lipinski definition) is 1. The van der Waals surface area contributed by atoms with Crippen LogP contribution in [0.1, 0.15) is 58.9 Å². The number of aliphatic hydroxyl groups excluding tert-OH is 1. The second-order valence-corrected chi connectivity index (χ2v) is 13.9. The number of ether oxygens (including phenoxy) is 2. The second-order valence-electron chi connectivity index (χ2n) is 13.0. The maximum absolute atomic E-state index is 13.8. The fourth-order valence-corrected chi connectivity index (χ4v) is 9.46. The van der Waals surface area contributed by atoms with Crippen molar-refractivity contribution in [3.8, 4) is 0 Å². The van der Waals surface area contributed by atoms with Gasteiger partial charge < -0.3 is 19.4 Å². The number of carbonyl (C=O) groups is 2. The van der Waals surface area contributed by atoms with Crippen molar-refractivity contribution >= 4 is 39.3 Å². The lowest BCUT2D eigenvalue weighted by Gasteiger charge is -2.59. The standard InChI is InChI=1S/C33H39BrN2O6/c1-19-35-33(28(39)18-40-20(2)37)29(42-19)16-26-25-9-8-22-15-24(36-41-13-11-21-6-5-7-23(34)14-21)10-12-31(22,3)30(25)27(38)17-32(26,33)4/h5-7,10,12,14-15,25-27,29-30,38H,8-9,11,13,16-18H2,1-4H3/b36-24-/t25-,26-,27-,29+,30+,31-,32-,33+/m0/s1. The number of nitrogens with zero attached hydrogens (tertiary/aromatic N) is 2. The quantitative estimate of drug-likeness (QED) is 0.244. The molecule has 8 atom stereocenters. The monoisotopic (exact) mass is 638 g/mol. The molecule has 0 radical (unpaired) electrons. The van der Waals surface area contributed by atoms with E-state index in [1.54, 1.807) is 6.92 Å². The summed E-state index contributed by atoms with van der Waals surface area (Å²) >= 11 is 3.51. The summed E-state index contributed by atoms with van der Waals surface area (Å²) in [6.07, 6.45) is 8.94. The van der Waals surface area contributed by atoms with Crippen molar-refractivity contribution < 1.29 is 29.0 Å². The highest BCUT2D eigenvalue weighted by Gasteiger charge is 2.74. The normalized spacial score (nSPS) is 38.8. The number of benzene rings is 1. The van der Waals surface area contributed by atoms with Gasteiger partial charge in [-0.2, -0.15) is 0 Å². The van der Waals surface area contributed by atoms with Crippen LogP contribution in [0.25, 0.3) is 0 Å². The van der Waals surface area contributed by atoms with Gasteiger partial charge in [0.2, 0.25) is 5.78 Å². The molecule has 0 amide bonds. The van der Waals surface area contributed by atoms with Crippen molar-refractivity contribution in [2.75, 3.05) is 13.2 Å². The molecular formula is C33H39BrN2O6. The maximum Gasteiger partial charge on any atom is 0.303 e. The van der Waals surface area contributed by atoms with Crippen LogP contribution in [0.3, 0.4) is 0 Å². The Morgan fingerprint density at radius 3 is 2.86 bits per heavy atom. The summed E-state index contributed by atoms with van der Waals surface area (Å²) in [7, 11) is 0. The molecule has 1 aromatic rings. The Labute approximate surface area is 255 Å². The van der Waals surface area contributed by atoms with Crippen LogP contribution in [0.15, 0.2) is 62.7 Å². The molecule has 224 valence electrons.